The van der Waals surface area contributed by atoms with Crippen molar-refractivity contribution in [3.05, 3.63) is 35.8 Å². The predicted molar refractivity (Wildman–Crippen MR) is 67.9 cm³/mol. The lowest BCUT2D eigenvalue weighted by Crippen LogP contribution is -2.21. The lowest BCUT2D eigenvalue weighted by atomic mass is 10.1. The molecule has 2 nitrogen and oxygen atoms in total. The number of hydrogen-bond acceptors (Lipinski definition) is 3. The van der Waals surface area contributed by atoms with E-state index in [1.165, 1.54) is 0 Å². The zero-order valence-electron chi connectivity index (χ0n) is 12.9. The molecule has 0 aliphatic carbocycles. The van der Waals surface area contributed by atoms with Gasteiger partial charge in [-0.3, -0.25) is 4.99 Å². The normalized spacial score (nSPS) is 28.0. The zero-order chi connectivity index (χ0) is 13.7. The van der Waals surface area contributed by atoms with Gasteiger partial charge in [0, 0.05) is 18.8 Å². The molecular formula is C11H13ClN2S. The van der Waals surface area contributed by atoms with Crippen LogP contribution in [0.25, 0.3) is 0 Å². The Kier molecular flexibility index (Phi) is 1.83. The molecule has 0 bridgehead atoms. The molecule has 1 aromatic carbocycles. The third-order valence-electron chi connectivity index (χ3n) is 2.38. The number of hydrogen-bond donors (Lipinski definition) is 0. The van der Waals surface area contributed by atoms with E-state index in [9.17, 15) is 0 Å². The van der Waals surface area contributed by atoms with Gasteiger partial charge in [0.05, 0.1) is 12.9 Å². The molecule has 2 aliphatic rings. The minimum Gasteiger partial charge on any atom is -0.348 e. The zero-order valence-corrected chi connectivity index (χ0v) is 9.54. The van der Waals surface area contributed by atoms with Crippen LogP contribution in [-0.2, 0) is 0 Å². The second-order valence-corrected chi connectivity index (χ2v) is 4.32. The van der Waals surface area contributed by atoms with Crippen LogP contribution in [0, 0.1) is 0 Å². The number of rotatable bonds is 1. The molecule has 1 atom stereocenters. The molecule has 4 heteroatoms. The molecule has 2 heterocycles. The van der Waals surface area contributed by atoms with Gasteiger partial charge in [0.2, 0.25) is 0 Å². The van der Waals surface area contributed by atoms with E-state index in [1.54, 1.807) is 11.8 Å². The number of halogens is 1. The van der Waals surface area contributed by atoms with Crippen molar-refractivity contribution in [3.63, 3.8) is 0 Å². The number of nitrogens with zero attached hydrogens (tertiary/aromatic N) is 2. The first-order chi connectivity index (χ1) is 9.00. The molecule has 15 heavy (non-hydrogen) atoms. The first kappa shape index (κ1) is 6.16. The van der Waals surface area contributed by atoms with Crippen molar-refractivity contribution < 1.29 is 6.85 Å². The highest BCUT2D eigenvalue weighted by Gasteiger charge is 2.29. The molecule has 1 aromatic rings. The van der Waals surface area contributed by atoms with Gasteiger partial charge >= 0.3 is 0 Å². The molecule has 0 saturated carbocycles. The Bertz CT molecular complexity index is 566. The molecule has 0 unspecified atom stereocenters. The Hall–Kier alpha value is -0.670. The first-order valence-electron chi connectivity index (χ1n) is 7.03. The van der Waals surface area contributed by atoms with E-state index in [0.29, 0.717) is 12.1 Å². The molecule has 0 amide bonds. The van der Waals surface area contributed by atoms with Gasteiger partial charge in [-0.1, -0.05) is 42.0 Å². The summed E-state index contributed by atoms with van der Waals surface area (Å²) in [7, 11) is 0. The Labute approximate surface area is 107 Å². The standard InChI is InChI=1S/C11H12N2S.ClH/c1-2-4-9(5-3-1)10-8-13-6-7-14-11(13)12-10;/h1-5,10H,6-8H2;1H/t10-;/m1./s1/i1D,2D,3D,4D,5D;. The van der Waals surface area contributed by atoms with Gasteiger partial charge in [-0.05, 0) is 5.56 Å². The topological polar surface area (TPSA) is 15.6 Å². The van der Waals surface area contributed by atoms with Gasteiger partial charge < -0.3 is 4.90 Å². The number of fused-ring (bicyclic) bond motifs is 1. The average Bonchev–Trinajstić information content (AvgIpc) is 2.95. The molecule has 0 aromatic heterocycles. The highest BCUT2D eigenvalue weighted by molar-refractivity contribution is 8.14. The maximum absolute atomic E-state index is 7.94. The summed E-state index contributed by atoms with van der Waals surface area (Å²) < 4.78 is 38.8. The smallest absolute Gasteiger partial charge is 0.160 e. The first-order valence-corrected chi connectivity index (χ1v) is 5.51. The minimum atomic E-state index is -0.350. The van der Waals surface area contributed by atoms with E-state index >= 15 is 0 Å². The van der Waals surface area contributed by atoms with Gasteiger partial charge in [-0.2, -0.15) is 0 Å². The van der Waals surface area contributed by atoms with Crippen molar-refractivity contribution in [1.29, 1.82) is 0 Å². The number of aliphatic imine (C=N–C) groups is 1. The summed E-state index contributed by atoms with van der Waals surface area (Å²) in [6.45, 7) is 1.52. The highest BCUT2D eigenvalue weighted by Crippen LogP contribution is 2.31. The van der Waals surface area contributed by atoms with Gasteiger partial charge in [-0.25, -0.2) is 0 Å². The van der Waals surface area contributed by atoms with Crippen LogP contribution < -0.4 is 0 Å². The van der Waals surface area contributed by atoms with Crippen LogP contribution in [-0.4, -0.2) is 28.9 Å². The van der Waals surface area contributed by atoms with Gasteiger partial charge in [0.15, 0.2) is 5.17 Å². The summed E-state index contributed by atoms with van der Waals surface area (Å²) in [4.78, 5) is 6.60. The van der Waals surface area contributed by atoms with Crippen LogP contribution >= 0.6 is 24.2 Å². The SMILES string of the molecule is Cl.[2H]c1c([2H])c([2H])c([C@H]2CN3CCSC3=N2)c([2H])c1[2H]. The molecule has 80 valence electrons. The second kappa shape index (κ2) is 4.45. The van der Waals surface area contributed by atoms with Crippen molar-refractivity contribution in [3.8, 4) is 0 Å². The quantitative estimate of drug-likeness (QED) is 0.756. The maximum atomic E-state index is 7.94. The highest BCUT2D eigenvalue weighted by atomic mass is 35.5. The largest absolute Gasteiger partial charge is 0.348 e. The van der Waals surface area contributed by atoms with E-state index < -0.39 is 0 Å². The minimum absolute atomic E-state index is 0. The Morgan fingerprint density at radius 1 is 1.40 bits per heavy atom. The van der Waals surface area contributed by atoms with E-state index in [0.717, 1.165) is 17.5 Å². The molecule has 0 N–H and O–H groups in total. The van der Waals surface area contributed by atoms with Gasteiger partial charge in [-0.15, -0.1) is 12.4 Å². The maximum Gasteiger partial charge on any atom is 0.160 e. The number of amidine groups is 1. The molecule has 2 aliphatic heterocycles. The van der Waals surface area contributed by atoms with E-state index in [1.807, 2.05) is 0 Å². The van der Waals surface area contributed by atoms with Crippen molar-refractivity contribution in [2.75, 3.05) is 18.8 Å². The van der Waals surface area contributed by atoms with Crippen LogP contribution in [0.5, 0.6) is 0 Å². The van der Waals surface area contributed by atoms with Crippen molar-refractivity contribution >= 4 is 29.3 Å². The summed E-state index contributed by atoms with van der Waals surface area (Å²) in [5.41, 5.74) is 0.313. The molecular weight excluding hydrogens is 228 g/mol. The summed E-state index contributed by atoms with van der Waals surface area (Å²) in [6, 6.07) is -1.53. The summed E-state index contributed by atoms with van der Waals surface area (Å²) in [5.74, 6) is 1.01. The van der Waals surface area contributed by atoms with Crippen LogP contribution in [0.2, 0.25) is 0 Å². The van der Waals surface area contributed by atoms with Crippen LogP contribution in [0.4, 0.5) is 0 Å². The fourth-order valence-electron chi connectivity index (χ4n) is 1.69. The number of benzene rings is 1. The van der Waals surface area contributed by atoms with Crippen molar-refractivity contribution in [2.45, 2.75) is 6.04 Å². The second-order valence-electron chi connectivity index (χ2n) is 3.26. The predicted octanol–water partition coefficient (Wildman–Crippen LogP) is 2.57. The van der Waals surface area contributed by atoms with Gasteiger partial charge in [0.1, 0.15) is 0 Å². The van der Waals surface area contributed by atoms with Crippen LogP contribution in [0.1, 0.15) is 18.5 Å². The lowest BCUT2D eigenvalue weighted by Gasteiger charge is -2.12. The monoisotopic (exact) mass is 245 g/mol. The van der Waals surface area contributed by atoms with Crippen molar-refractivity contribution in [2.24, 2.45) is 4.99 Å². The fourth-order valence-corrected chi connectivity index (χ4v) is 2.73. The third-order valence-corrected chi connectivity index (χ3v) is 3.38. The van der Waals surface area contributed by atoms with E-state index in [4.69, 9.17) is 6.85 Å². The molecule has 1 fully saturated rings. The molecule has 0 spiro atoms. The summed E-state index contributed by atoms with van der Waals surface area (Å²) in [6.07, 6.45) is 0. The van der Waals surface area contributed by atoms with Crippen LogP contribution in [0.15, 0.2) is 35.2 Å². The van der Waals surface area contributed by atoms with E-state index in [2.05, 4.69) is 9.89 Å². The average molecular weight is 246 g/mol. The third kappa shape index (κ3) is 1.99. The summed E-state index contributed by atoms with van der Waals surface area (Å²) in [5, 5.41) is 0.928. The lowest BCUT2D eigenvalue weighted by molar-refractivity contribution is 0.464. The van der Waals surface area contributed by atoms with Crippen LogP contribution in [0.3, 0.4) is 0 Å². The van der Waals surface area contributed by atoms with Gasteiger partial charge in [0.25, 0.3) is 0 Å². The van der Waals surface area contributed by atoms with E-state index in [-0.39, 0.29) is 48.7 Å². The Morgan fingerprint density at radius 3 is 2.93 bits per heavy atom. The Balaban J connectivity index is 0.00000147. The molecule has 0 radical (unpaired) electrons. The fraction of sp³-hybridized carbons (Fsp3) is 0.364. The number of thioether (sulfide) groups is 1. The molecule has 3 rings (SSSR count). The molecule has 1 saturated heterocycles. The Morgan fingerprint density at radius 2 is 2.20 bits per heavy atom. The summed E-state index contributed by atoms with van der Waals surface area (Å²) >= 11 is 1.66. The van der Waals surface area contributed by atoms with Crippen molar-refractivity contribution in [1.82, 2.24) is 4.90 Å².